The van der Waals surface area contributed by atoms with Crippen molar-refractivity contribution in [3.63, 3.8) is 0 Å². The van der Waals surface area contributed by atoms with E-state index in [0.29, 0.717) is 80.8 Å². The fraction of sp³-hybridized carbons (Fsp3) is 0.538. The fourth-order valence-electron chi connectivity index (χ4n) is 18.1. The van der Waals surface area contributed by atoms with Crippen LogP contribution in [-0.2, 0) is 48.0 Å². The summed E-state index contributed by atoms with van der Waals surface area (Å²) in [5.41, 5.74) is 2.88. The summed E-state index contributed by atoms with van der Waals surface area (Å²) < 4.78 is 56.6. The maximum absolute atomic E-state index is 14.5. The molecule has 530 valence electrons. The molecule has 18 nitrogen and oxygen atoms in total. The van der Waals surface area contributed by atoms with Gasteiger partial charge < -0.3 is 29.1 Å². The molecule has 2 amide bonds. The van der Waals surface area contributed by atoms with Crippen molar-refractivity contribution in [1.82, 2.24) is 29.5 Å². The normalized spacial score (nSPS) is 22.3. The fourth-order valence-corrected chi connectivity index (χ4v) is 26.0. The van der Waals surface area contributed by atoms with E-state index in [1.54, 1.807) is 4.90 Å². The number of anilines is 2. The first-order valence-electron chi connectivity index (χ1n) is 35.3. The van der Waals surface area contributed by atoms with E-state index in [4.69, 9.17) is 28.5 Å². The number of pyridine rings is 1. The Morgan fingerprint density at radius 3 is 2.04 bits per heavy atom. The van der Waals surface area contributed by atoms with Crippen molar-refractivity contribution in [3.05, 3.63) is 150 Å². The Morgan fingerprint density at radius 2 is 1.40 bits per heavy atom. The number of nitrogens with zero attached hydrogens (tertiary/aromatic N) is 7. The molecule has 5 fully saturated rings. The Hall–Kier alpha value is -6.85. The number of ether oxygens (including phenoxy) is 3. The van der Waals surface area contributed by atoms with Crippen molar-refractivity contribution in [2.75, 3.05) is 55.3 Å². The van der Waals surface area contributed by atoms with Gasteiger partial charge in [-0.15, -0.1) is 0 Å². The van der Waals surface area contributed by atoms with Crippen molar-refractivity contribution in [2.24, 2.45) is 21.7 Å². The summed E-state index contributed by atoms with van der Waals surface area (Å²) in [7, 11) is -6.82. The van der Waals surface area contributed by atoms with Gasteiger partial charge in [0.2, 0.25) is 0 Å². The molecule has 4 bridgehead atoms. The molecule has 4 aliphatic carbocycles. The van der Waals surface area contributed by atoms with Crippen LogP contribution >= 0.6 is 11.3 Å². The molecule has 21 heteroatoms. The molecule has 3 unspecified atom stereocenters. The highest BCUT2D eigenvalue weighted by atomic mass is 32.2. The van der Waals surface area contributed by atoms with E-state index in [9.17, 15) is 27.9 Å². The van der Waals surface area contributed by atoms with Crippen molar-refractivity contribution in [1.29, 1.82) is 0 Å². The van der Waals surface area contributed by atoms with Crippen LogP contribution in [0.3, 0.4) is 0 Å². The van der Waals surface area contributed by atoms with Crippen LogP contribution in [0, 0.1) is 28.6 Å². The number of nitrogens with one attached hydrogen (secondary N) is 1. The molecule has 2 aliphatic heterocycles. The molecule has 3 atom stereocenters. The number of esters is 1. The summed E-state index contributed by atoms with van der Waals surface area (Å²) in [6.07, 6.45) is 6.79. The van der Waals surface area contributed by atoms with Gasteiger partial charge in [0.15, 0.2) is 17.1 Å². The number of amides is 2. The zero-order valence-electron chi connectivity index (χ0n) is 60.5. The Bertz CT molecular complexity index is 4160. The lowest BCUT2D eigenvalue weighted by Gasteiger charge is -2.69. The second kappa shape index (κ2) is 26.8. The summed E-state index contributed by atoms with van der Waals surface area (Å²) in [4.78, 5) is 57.5. The second-order valence-electron chi connectivity index (χ2n) is 33.8. The van der Waals surface area contributed by atoms with Crippen molar-refractivity contribution >= 4 is 79.0 Å². The third-order valence-corrected chi connectivity index (χ3v) is 30.0. The standard InChI is InChI=1S/C78H102N8O10S2Si/c1-53-60(58-32-33-64(81-65(58)67(88)94-71(2,3)4)84-36-34-54-24-23-29-59(61(54)45-84)66(87)82-69-80-62-30-21-22-31-63(62)97-69)42-79-86(53)52-77-47-75(13)46-76(14,48-77)50-78(49-75,51-77)93-39-37-83(55-43-85(44-55)70(90)95-72(5,6)7)38-40-98(91,92)96-68(89)74(11,12)35-41-99(73(8,9)10,56-25-17-15-18-26-56)57-27-19-16-20-28-57/h15-33,42,55,68,89H,34-41,43-52H2,1-14H3,(H,80,82,87). The first kappa shape index (κ1) is 72.0. The first-order valence-corrected chi connectivity index (χ1v) is 39.9. The highest BCUT2D eigenvalue weighted by Gasteiger charge is 2.66. The lowest BCUT2D eigenvalue weighted by molar-refractivity contribution is -0.249. The molecule has 7 aromatic rings. The van der Waals surface area contributed by atoms with E-state index in [0.717, 1.165) is 77.2 Å². The largest absolute Gasteiger partial charge is 0.455 e. The van der Waals surface area contributed by atoms with Gasteiger partial charge in [0.05, 0.1) is 34.4 Å². The number of hydrogen-bond donors (Lipinski definition) is 2. The monoisotopic (exact) mass is 1400 g/mol. The van der Waals surface area contributed by atoms with Gasteiger partial charge >= 0.3 is 12.1 Å². The van der Waals surface area contributed by atoms with Crippen LogP contribution in [0.4, 0.5) is 15.7 Å². The number of aliphatic hydroxyl groups is 1. The van der Waals surface area contributed by atoms with Crippen LogP contribution in [0.2, 0.25) is 11.1 Å². The predicted octanol–water partition coefficient (Wildman–Crippen LogP) is 13.8. The van der Waals surface area contributed by atoms with Gasteiger partial charge in [-0.3, -0.25) is 19.7 Å². The lowest BCUT2D eigenvalue weighted by atomic mass is 9.39. The topological polar surface area (TPSA) is 208 Å². The van der Waals surface area contributed by atoms with E-state index < -0.39 is 58.8 Å². The number of carbonyl (C=O) groups excluding carboxylic acids is 3. The Balaban J connectivity index is 0.744. The number of aliphatic hydroxyl groups excluding tert-OH is 1. The van der Waals surface area contributed by atoms with Crippen molar-refractivity contribution in [2.45, 2.75) is 202 Å². The minimum Gasteiger partial charge on any atom is -0.455 e. The Morgan fingerprint density at radius 1 is 0.758 bits per heavy atom. The summed E-state index contributed by atoms with van der Waals surface area (Å²) in [5, 5.41) is 23.0. The highest BCUT2D eigenvalue weighted by molar-refractivity contribution is 7.86. The van der Waals surface area contributed by atoms with Gasteiger partial charge in [-0.2, -0.15) is 13.5 Å². The molecule has 99 heavy (non-hydrogen) atoms. The zero-order valence-corrected chi connectivity index (χ0v) is 63.1. The van der Waals surface area contributed by atoms with Gasteiger partial charge in [0, 0.05) is 79.7 Å². The molecule has 0 spiro atoms. The summed E-state index contributed by atoms with van der Waals surface area (Å²) in [5.74, 6) is -0.534. The van der Waals surface area contributed by atoms with Crippen LogP contribution in [0.5, 0.6) is 0 Å². The van der Waals surface area contributed by atoms with Gasteiger partial charge in [-0.05, 0) is 169 Å². The van der Waals surface area contributed by atoms with E-state index in [1.165, 1.54) is 21.7 Å². The molecule has 13 rings (SSSR count). The summed E-state index contributed by atoms with van der Waals surface area (Å²) in [6.45, 7) is 31.9. The zero-order chi connectivity index (χ0) is 70.9. The molecule has 4 aromatic carbocycles. The first-order chi connectivity index (χ1) is 46.5. The molecule has 3 aromatic heterocycles. The minimum atomic E-state index is -4.27. The van der Waals surface area contributed by atoms with Gasteiger partial charge in [0.1, 0.15) is 25.1 Å². The molecular weight excluding hydrogens is 1300 g/mol. The maximum Gasteiger partial charge on any atom is 0.410 e. The predicted molar refractivity (Wildman–Crippen MR) is 394 cm³/mol. The summed E-state index contributed by atoms with van der Waals surface area (Å²) in [6, 6.07) is 39.5. The van der Waals surface area contributed by atoms with Gasteiger partial charge in [0.25, 0.3) is 16.0 Å². The van der Waals surface area contributed by atoms with E-state index >= 15 is 0 Å². The van der Waals surface area contributed by atoms with Gasteiger partial charge in [-0.1, -0.05) is 155 Å². The quantitative estimate of drug-likeness (QED) is 0.0264. The van der Waals surface area contributed by atoms with E-state index in [1.807, 2.05) is 122 Å². The minimum absolute atomic E-state index is 0.00587. The van der Waals surface area contributed by atoms with Crippen LogP contribution in [0.25, 0.3) is 21.3 Å². The Labute approximate surface area is 590 Å². The average molecular weight is 1400 g/mol. The van der Waals surface area contributed by atoms with Crippen molar-refractivity contribution < 1.29 is 46.3 Å². The van der Waals surface area contributed by atoms with Crippen LogP contribution in [0.15, 0.2) is 121 Å². The Kier molecular flexibility index (Phi) is 19.5. The number of para-hydroxylation sites is 1. The highest BCUT2D eigenvalue weighted by Crippen LogP contribution is 2.72. The van der Waals surface area contributed by atoms with Gasteiger partial charge in [-0.25, -0.2) is 23.7 Å². The third kappa shape index (κ3) is 15.5. The number of aromatic nitrogens is 4. The number of fused-ring (bicyclic) bond motifs is 2. The van der Waals surface area contributed by atoms with E-state index in [-0.39, 0.29) is 51.2 Å². The number of hydrogen-bond acceptors (Lipinski definition) is 16. The van der Waals surface area contributed by atoms with Crippen LogP contribution in [-0.4, -0.2) is 143 Å². The number of thiazole rings is 1. The molecule has 5 heterocycles. The molecular formula is C78H102N8O10S2Si. The molecule has 0 radical (unpaired) electrons. The van der Waals surface area contributed by atoms with Crippen molar-refractivity contribution in [3.8, 4) is 11.1 Å². The molecule has 1 saturated heterocycles. The van der Waals surface area contributed by atoms with E-state index in [2.05, 4.69) is 121 Å². The number of rotatable bonds is 23. The summed E-state index contributed by atoms with van der Waals surface area (Å²) >= 11 is 1.44. The molecule has 2 N–H and O–H groups in total. The number of carbonyl (C=O) groups is 3. The third-order valence-electron chi connectivity index (χ3n) is 21.7. The SMILES string of the molecule is Cc1c(-c2ccc(N3CCc4cccc(C(=O)Nc5nc6ccccc6s5)c4C3)nc2C(=O)OC(C)(C)C)cnn1CC12CC3(C)CC(C)(C1)CC(OCCN(CCS(=O)(=O)OC(O)C(C)(C)CC[Si](c1ccccc1)(c1ccccc1)C(C)(C)C)C1CN(C(=O)OC(C)(C)C)C1)(C3)C2. The number of benzene rings is 4. The lowest BCUT2D eigenvalue weighted by Crippen LogP contribution is -2.65. The average Bonchev–Trinajstić information content (AvgIpc) is 0.983. The van der Waals surface area contributed by atoms with Crippen LogP contribution < -0.4 is 20.6 Å². The maximum atomic E-state index is 14.5. The molecule has 6 aliphatic rings. The smallest absolute Gasteiger partial charge is 0.410 e. The second-order valence-corrected chi connectivity index (χ2v) is 41.5. The van der Waals surface area contributed by atoms with Crippen LogP contribution in [0.1, 0.15) is 173 Å². The molecule has 4 saturated carbocycles. The number of likely N-dealkylation sites (tertiary alicyclic amines) is 1.